The fourth-order valence-electron chi connectivity index (χ4n) is 0.621. The van der Waals surface area contributed by atoms with Gasteiger partial charge in [0.05, 0.1) is 6.20 Å². The van der Waals surface area contributed by atoms with Gasteiger partial charge < -0.3 is 5.32 Å². The molecule has 0 saturated heterocycles. The first-order valence-electron chi connectivity index (χ1n) is 3.16. The van der Waals surface area contributed by atoms with Crippen LogP contribution in [0, 0.1) is 0 Å². The lowest BCUT2D eigenvalue weighted by Crippen LogP contribution is -2.11. The van der Waals surface area contributed by atoms with Gasteiger partial charge in [0.2, 0.25) is 10.2 Å². The number of thiazole rings is 1. The quantitative estimate of drug-likeness (QED) is 0.718. The highest BCUT2D eigenvalue weighted by Gasteiger charge is 2.13. The van der Waals surface area contributed by atoms with Gasteiger partial charge in [0, 0.05) is 6.92 Å². The Morgan fingerprint density at radius 1 is 1.69 bits per heavy atom. The number of primary sulfonamides is 1. The molecule has 6 nitrogen and oxygen atoms in total. The molecule has 1 heterocycles. The van der Waals surface area contributed by atoms with E-state index in [0.29, 0.717) is 5.00 Å². The van der Waals surface area contributed by atoms with Gasteiger partial charge in [0.25, 0.3) is 10.0 Å². The molecular weight excluding hydrogens is 214 g/mol. The average molecular weight is 221 g/mol. The summed E-state index contributed by atoms with van der Waals surface area (Å²) in [6, 6.07) is 0. The first kappa shape index (κ1) is 10.1. The van der Waals surface area contributed by atoms with Crippen LogP contribution in [-0.4, -0.2) is 19.3 Å². The highest BCUT2D eigenvalue weighted by atomic mass is 32.2. The number of sulfonamides is 1. The lowest BCUT2D eigenvalue weighted by atomic mass is 10.7. The van der Waals surface area contributed by atoms with Gasteiger partial charge in [-0.2, -0.15) is 0 Å². The number of carbonyl (C=O) groups is 1. The van der Waals surface area contributed by atoms with Crippen LogP contribution in [0.4, 0.5) is 5.00 Å². The maximum absolute atomic E-state index is 10.7. The van der Waals surface area contributed by atoms with E-state index in [1.807, 2.05) is 0 Å². The number of nitrogens with one attached hydrogen (secondary N) is 1. The molecule has 72 valence electrons. The van der Waals surface area contributed by atoms with Crippen LogP contribution in [0.3, 0.4) is 0 Å². The van der Waals surface area contributed by atoms with E-state index >= 15 is 0 Å². The molecule has 1 rings (SSSR count). The molecule has 0 bridgehead atoms. The Hall–Kier alpha value is -0.990. The van der Waals surface area contributed by atoms with Crippen molar-refractivity contribution in [1.82, 2.24) is 4.98 Å². The molecule has 1 aromatic rings. The third-order valence-electron chi connectivity index (χ3n) is 1.03. The first-order valence-corrected chi connectivity index (χ1v) is 5.52. The van der Waals surface area contributed by atoms with Crippen LogP contribution in [0.5, 0.6) is 0 Å². The first-order chi connectivity index (χ1) is 5.89. The maximum atomic E-state index is 10.7. The normalized spacial score (nSPS) is 11.2. The van der Waals surface area contributed by atoms with Crippen LogP contribution >= 0.6 is 11.3 Å². The van der Waals surface area contributed by atoms with Crippen molar-refractivity contribution in [2.45, 2.75) is 11.3 Å². The molecule has 0 aliphatic rings. The molecule has 0 spiro atoms. The summed E-state index contributed by atoms with van der Waals surface area (Å²) in [5.41, 5.74) is 0. The summed E-state index contributed by atoms with van der Waals surface area (Å²) >= 11 is 0.812. The zero-order valence-electron chi connectivity index (χ0n) is 6.64. The smallest absolute Gasteiger partial charge is 0.265 e. The van der Waals surface area contributed by atoms with Crippen LogP contribution in [0.2, 0.25) is 0 Å². The Morgan fingerprint density at radius 2 is 2.31 bits per heavy atom. The molecule has 3 N–H and O–H groups in total. The van der Waals surface area contributed by atoms with Crippen LogP contribution in [-0.2, 0) is 14.8 Å². The predicted molar refractivity (Wildman–Crippen MR) is 47.8 cm³/mol. The van der Waals surface area contributed by atoms with Crippen molar-refractivity contribution in [1.29, 1.82) is 0 Å². The lowest BCUT2D eigenvalue weighted by molar-refractivity contribution is -0.114. The highest BCUT2D eigenvalue weighted by molar-refractivity contribution is 7.91. The second-order valence-corrected chi connectivity index (χ2v) is 4.98. The number of aromatic nitrogens is 1. The maximum Gasteiger partial charge on any atom is 0.265 e. The van der Waals surface area contributed by atoms with E-state index in [9.17, 15) is 13.2 Å². The number of nitrogens with zero attached hydrogens (tertiary/aromatic N) is 1. The van der Waals surface area contributed by atoms with Gasteiger partial charge in [0.1, 0.15) is 5.00 Å². The molecule has 0 aliphatic heterocycles. The topological polar surface area (TPSA) is 102 Å². The fourth-order valence-corrected chi connectivity index (χ4v) is 2.15. The van der Waals surface area contributed by atoms with E-state index < -0.39 is 10.0 Å². The van der Waals surface area contributed by atoms with Crippen molar-refractivity contribution in [3.05, 3.63) is 6.20 Å². The van der Waals surface area contributed by atoms with Gasteiger partial charge in [-0.15, -0.1) is 0 Å². The van der Waals surface area contributed by atoms with E-state index in [1.165, 1.54) is 13.1 Å². The van der Waals surface area contributed by atoms with Gasteiger partial charge in [-0.05, 0) is 0 Å². The third kappa shape index (κ3) is 2.76. The summed E-state index contributed by atoms with van der Waals surface area (Å²) in [4.78, 5) is 14.1. The summed E-state index contributed by atoms with van der Waals surface area (Å²) in [7, 11) is -3.76. The van der Waals surface area contributed by atoms with E-state index in [1.54, 1.807) is 0 Å². The molecular formula is C5H7N3O3S2. The minimum Gasteiger partial charge on any atom is -0.317 e. The minimum absolute atomic E-state index is 0.212. The molecule has 0 radical (unpaired) electrons. The summed E-state index contributed by atoms with van der Waals surface area (Å²) < 4.78 is 21.3. The van der Waals surface area contributed by atoms with Crippen molar-refractivity contribution in [3.8, 4) is 0 Å². The molecule has 1 amide bonds. The van der Waals surface area contributed by atoms with Crippen LogP contribution in [0.15, 0.2) is 10.5 Å². The summed E-state index contributed by atoms with van der Waals surface area (Å²) in [6.07, 6.45) is 1.24. The molecule has 0 aliphatic carbocycles. The van der Waals surface area contributed by atoms with Gasteiger partial charge >= 0.3 is 0 Å². The fraction of sp³-hybridized carbons (Fsp3) is 0.200. The Bertz CT molecular complexity index is 422. The van der Waals surface area contributed by atoms with Crippen LogP contribution in [0.1, 0.15) is 6.92 Å². The Kier molecular flexibility index (Phi) is 2.64. The summed E-state index contributed by atoms with van der Waals surface area (Å²) in [5.74, 6) is -0.287. The van der Waals surface area contributed by atoms with Crippen LogP contribution < -0.4 is 10.5 Å². The Morgan fingerprint density at radius 3 is 2.69 bits per heavy atom. The molecule has 8 heteroatoms. The number of anilines is 1. The largest absolute Gasteiger partial charge is 0.317 e. The van der Waals surface area contributed by atoms with Crippen molar-refractivity contribution in [2.75, 3.05) is 5.32 Å². The molecule has 0 unspecified atom stereocenters. The summed E-state index contributed by atoms with van der Waals surface area (Å²) in [5, 5.41) is 7.56. The number of hydrogen-bond acceptors (Lipinski definition) is 5. The molecule has 13 heavy (non-hydrogen) atoms. The van der Waals surface area contributed by atoms with Gasteiger partial charge in [-0.1, -0.05) is 11.3 Å². The Labute approximate surface area is 78.8 Å². The summed E-state index contributed by atoms with van der Waals surface area (Å²) in [6.45, 7) is 1.32. The number of nitrogens with two attached hydrogens (primary N) is 1. The molecule has 0 aromatic carbocycles. The molecule has 1 aromatic heterocycles. The van der Waals surface area contributed by atoms with Crippen molar-refractivity contribution in [3.63, 3.8) is 0 Å². The Balaban J connectivity index is 2.94. The standard InChI is InChI=1S/C5H7N3O3S2/c1-3(9)8-4-2-7-5(12-4)13(6,10)11/h2H,1H3,(H,8,9)(H2,6,10,11). The predicted octanol–water partition coefficient (Wildman–Crippen LogP) is -0.251. The van der Waals surface area contributed by atoms with Gasteiger partial charge in [-0.3, -0.25) is 4.79 Å². The zero-order chi connectivity index (χ0) is 10.1. The minimum atomic E-state index is -3.76. The number of rotatable bonds is 2. The number of carbonyl (C=O) groups excluding carboxylic acids is 1. The highest BCUT2D eigenvalue weighted by Crippen LogP contribution is 2.21. The molecule has 0 saturated carbocycles. The average Bonchev–Trinajstić information content (AvgIpc) is 2.32. The van der Waals surface area contributed by atoms with E-state index in [0.717, 1.165) is 11.3 Å². The number of amides is 1. The van der Waals surface area contributed by atoms with Crippen molar-refractivity contribution in [2.24, 2.45) is 5.14 Å². The van der Waals surface area contributed by atoms with E-state index in [4.69, 9.17) is 5.14 Å². The van der Waals surface area contributed by atoms with E-state index in [-0.39, 0.29) is 10.2 Å². The molecule has 0 atom stereocenters. The molecule has 0 fully saturated rings. The van der Waals surface area contributed by atoms with Crippen molar-refractivity contribution >= 4 is 32.3 Å². The van der Waals surface area contributed by atoms with Gasteiger partial charge in [0.15, 0.2) is 0 Å². The second-order valence-electron chi connectivity index (χ2n) is 2.22. The zero-order valence-corrected chi connectivity index (χ0v) is 8.28. The third-order valence-corrected chi connectivity index (χ3v) is 3.27. The second kappa shape index (κ2) is 3.40. The van der Waals surface area contributed by atoms with Crippen molar-refractivity contribution < 1.29 is 13.2 Å². The SMILES string of the molecule is CC(=O)Nc1cnc(S(N)(=O)=O)s1. The van der Waals surface area contributed by atoms with Crippen LogP contribution in [0.25, 0.3) is 0 Å². The number of hydrogen-bond donors (Lipinski definition) is 2. The van der Waals surface area contributed by atoms with Gasteiger partial charge in [-0.25, -0.2) is 18.5 Å². The lowest BCUT2D eigenvalue weighted by Gasteiger charge is -1.92. The van der Waals surface area contributed by atoms with E-state index in [2.05, 4.69) is 10.3 Å². The monoisotopic (exact) mass is 221 g/mol.